The summed E-state index contributed by atoms with van der Waals surface area (Å²) in [5, 5.41) is 12.1. The molecule has 8 nitrogen and oxygen atoms in total. The summed E-state index contributed by atoms with van der Waals surface area (Å²) in [5.74, 6) is -1.08. The van der Waals surface area contributed by atoms with Crippen LogP contribution in [0.1, 0.15) is 31.9 Å². The number of carbonyl (C=O) groups excluding carboxylic acids is 2. The van der Waals surface area contributed by atoms with Gasteiger partial charge in [-0.25, -0.2) is 4.79 Å². The Hall–Kier alpha value is -4.33. The van der Waals surface area contributed by atoms with Gasteiger partial charge < -0.3 is 19.9 Å². The maximum absolute atomic E-state index is 13.6. The van der Waals surface area contributed by atoms with Gasteiger partial charge >= 0.3 is 12.1 Å². The van der Waals surface area contributed by atoms with Crippen LogP contribution in [-0.4, -0.2) is 41.3 Å². The topological polar surface area (TPSA) is 105 Å². The van der Waals surface area contributed by atoms with Crippen molar-refractivity contribution in [2.24, 2.45) is 0 Å². The molecule has 1 atom stereocenters. The van der Waals surface area contributed by atoms with Crippen molar-refractivity contribution < 1.29 is 29.0 Å². The first kappa shape index (κ1) is 27.3. The summed E-state index contributed by atoms with van der Waals surface area (Å²) < 4.78 is 11.2. The number of nitrogens with zero attached hydrogens (tertiary/aromatic N) is 1. The molecule has 0 fully saturated rings. The maximum Gasteiger partial charge on any atom is 0.408 e. The van der Waals surface area contributed by atoms with Crippen LogP contribution in [0.5, 0.6) is 5.75 Å². The van der Waals surface area contributed by atoms with E-state index in [-0.39, 0.29) is 6.42 Å². The Morgan fingerprint density at radius 1 is 0.865 bits per heavy atom. The van der Waals surface area contributed by atoms with Gasteiger partial charge in [0.2, 0.25) is 0 Å². The van der Waals surface area contributed by atoms with Crippen LogP contribution >= 0.6 is 0 Å². The van der Waals surface area contributed by atoms with E-state index in [1.54, 1.807) is 75.4 Å². The van der Waals surface area contributed by atoms with Gasteiger partial charge in [-0.3, -0.25) is 14.5 Å². The summed E-state index contributed by atoms with van der Waals surface area (Å²) in [6, 6.07) is 24.4. The second-order valence-corrected chi connectivity index (χ2v) is 9.47. The summed E-state index contributed by atoms with van der Waals surface area (Å²) in [4.78, 5) is 38.9. The van der Waals surface area contributed by atoms with Gasteiger partial charge in [0.1, 0.15) is 30.5 Å². The molecule has 3 rings (SSSR count). The SMILES string of the molecule is CC(C)(C)OC(=O)N[C@@H](Cc1ccc(OCc2ccccc2)cc1)C(=O)N(CC(=O)O)c1ccccc1. The zero-order valence-electron chi connectivity index (χ0n) is 21.2. The van der Waals surface area contributed by atoms with E-state index in [0.29, 0.717) is 18.0 Å². The highest BCUT2D eigenvalue weighted by molar-refractivity contribution is 6.01. The molecule has 0 aliphatic carbocycles. The van der Waals surface area contributed by atoms with E-state index in [4.69, 9.17) is 9.47 Å². The van der Waals surface area contributed by atoms with Crippen molar-refractivity contribution in [1.29, 1.82) is 0 Å². The number of nitrogens with one attached hydrogen (secondary N) is 1. The quantitative estimate of drug-likeness (QED) is 0.410. The smallest absolute Gasteiger partial charge is 0.408 e. The fourth-order valence-electron chi connectivity index (χ4n) is 3.58. The third-order valence-electron chi connectivity index (χ3n) is 5.23. The molecule has 2 amide bonds. The van der Waals surface area contributed by atoms with Gasteiger partial charge in [0.05, 0.1) is 0 Å². The lowest BCUT2D eigenvalue weighted by Gasteiger charge is -2.28. The number of hydrogen-bond acceptors (Lipinski definition) is 5. The van der Waals surface area contributed by atoms with Crippen molar-refractivity contribution in [2.45, 2.75) is 45.4 Å². The van der Waals surface area contributed by atoms with Crippen molar-refractivity contribution in [3.8, 4) is 5.75 Å². The lowest BCUT2D eigenvalue weighted by atomic mass is 10.0. The molecule has 0 saturated heterocycles. The Morgan fingerprint density at radius 2 is 1.46 bits per heavy atom. The average molecular weight is 505 g/mol. The highest BCUT2D eigenvalue weighted by Crippen LogP contribution is 2.19. The van der Waals surface area contributed by atoms with Gasteiger partial charge in [-0.05, 0) is 56.2 Å². The Bertz CT molecular complexity index is 1170. The number of carboxylic acids is 1. The minimum atomic E-state index is -1.17. The molecule has 3 aromatic carbocycles. The van der Waals surface area contributed by atoms with Crippen molar-refractivity contribution in [2.75, 3.05) is 11.4 Å². The van der Waals surface area contributed by atoms with E-state index >= 15 is 0 Å². The molecule has 0 heterocycles. The van der Waals surface area contributed by atoms with E-state index in [0.717, 1.165) is 16.0 Å². The molecule has 8 heteroatoms. The molecule has 0 spiro atoms. The minimum Gasteiger partial charge on any atom is -0.489 e. The molecule has 2 N–H and O–H groups in total. The Kier molecular flexibility index (Phi) is 9.27. The number of hydrogen-bond donors (Lipinski definition) is 2. The Morgan fingerprint density at radius 3 is 2.03 bits per heavy atom. The highest BCUT2D eigenvalue weighted by Gasteiger charge is 2.30. The molecule has 194 valence electrons. The van der Waals surface area contributed by atoms with Crippen LogP contribution in [0.3, 0.4) is 0 Å². The number of benzene rings is 3. The van der Waals surface area contributed by atoms with Crippen LogP contribution in [0.15, 0.2) is 84.9 Å². The van der Waals surface area contributed by atoms with E-state index in [1.165, 1.54) is 0 Å². The highest BCUT2D eigenvalue weighted by atomic mass is 16.6. The second kappa shape index (κ2) is 12.6. The number of rotatable bonds is 10. The Balaban J connectivity index is 1.79. The van der Waals surface area contributed by atoms with Crippen molar-refractivity contribution in [3.05, 3.63) is 96.1 Å². The number of alkyl carbamates (subject to hydrolysis) is 1. The average Bonchev–Trinajstić information content (AvgIpc) is 2.86. The predicted octanol–water partition coefficient (Wildman–Crippen LogP) is 4.82. The normalized spacial score (nSPS) is 11.8. The van der Waals surface area contributed by atoms with Crippen molar-refractivity contribution >= 4 is 23.7 Å². The lowest BCUT2D eigenvalue weighted by Crippen LogP contribution is -2.52. The number of carboxylic acid groups (broad SMARTS) is 1. The van der Waals surface area contributed by atoms with E-state index in [1.807, 2.05) is 30.3 Å². The van der Waals surface area contributed by atoms with Crippen molar-refractivity contribution in [1.82, 2.24) is 5.32 Å². The van der Waals surface area contributed by atoms with E-state index in [2.05, 4.69) is 5.32 Å². The first-order chi connectivity index (χ1) is 17.6. The second-order valence-electron chi connectivity index (χ2n) is 9.47. The molecule has 0 saturated carbocycles. The zero-order valence-corrected chi connectivity index (χ0v) is 21.2. The van der Waals surface area contributed by atoms with Crippen LogP contribution in [-0.2, 0) is 27.4 Å². The first-order valence-corrected chi connectivity index (χ1v) is 11.9. The summed E-state index contributed by atoms with van der Waals surface area (Å²) >= 11 is 0. The molecular formula is C29H32N2O6. The third kappa shape index (κ3) is 9.00. The number of aliphatic carboxylic acids is 1. The largest absolute Gasteiger partial charge is 0.489 e. The van der Waals surface area contributed by atoms with Gasteiger partial charge in [0.15, 0.2) is 0 Å². The number of amides is 2. The molecule has 0 radical (unpaired) electrons. The lowest BCUT2D eigenvalue weighted by molar-refractivity contribution is -0.136. The van der Waals surface area contributed by atoms with Gasteiger partial charge in [-0.2, -0.15) is 0 Å². The van der Waals surface area contributed by atoms with Crippen LogP contribution in [0.4, 0.5) is 10.5 Å². The number of anilines is 1. The molecule has 0 aliphatic rings. The van der Waals surface area contributed by atoms with E-state index in [9.17, 15) is 19.5 Å². The molecule has 0 aromatic heterocycles. The third-order valence-corrected chi connectivity index (χ3v) is 5.23. The molecule has 37 heavy (non-hydrogen) atoms. The molecule has 0 bridgehead atoms. The standard InChI is InChI=1S/C29H32N2O6/c1-29(2,3)37-28(35)30-25(27(34)31(19-26(32)33)23-12-8-5-9-13-23)18-21-14-16-24(17-15-21)36-20-22-10-6-4-7-11-22/h4-17,25H,18-20H2,1-3H3,(H,30,35)(H,32,33)/t25-/m0/s1. The molecule has 0 aliphatic heterocycles. The molecular weight excluding hydrogens is 472 g/mol. The van der Waals surface area contributed by atoms with Crippen LogP contribution in [0.25, 0.3) is 0 Å². The fraction of sp³-hybridized carbons (Fsp3) is 0.276. The summed E-state index contributed by atoms with van der Waals surface area (Å²) in [6.45, 7) is 5.03. The zero-order chi connectivity index (χ0) is 26.8. The maximum atomic E-state index is 13.6. The summed E-state index contributed by atoms with van der Waals surface area (Å²) in [7, 11) is 0. The Labute approximate surface area is 216 Å². The monoisotopic (exact) mass is 504 g/mol. The van der Waals surface area contributed by atoms with Gasteiger partial charge in [-0.15, -0.1) is 0 Å². The van der Waals surface area contributed by atoms with Crippen LogP contribution in [0.2, 0.25) is 0 Å². The molecule has 3 aromatic rings. The molecule has 0 unspecified atom stereocenters. The number of ether oxygens (including phenoxy) is 2. The fourth-order valence-corrected chi connectivity index (χ4v) is 3.58. The van der Waals surface area contributed by atoms with Crippen LogP contribution in [0, 0.1) is 0 Å². The summed E-state index contributed by atoms with van der Waals surface area (Å²) in [6.07, 6.45) is -0.642. The number of para-hydroxylation sites is 1. The van der Waals surface area contributed by atoms with Gasteiger partial charge in [0.25, 0.3) is 5.91 Å². The van der Waals surface area contributed by atoms with Gasteiger partial charge in [0, 0.05) is 12.1 Å². The van der Waals surface area contributed by atoms with Gasteiger partial charge in [-0.1, -0.05) is 60.7 Å². The van der Waals surface area contributed by atoms with E-state index < -0.39 is 36.2 Å². The van der Waals surface area contributed by atoms with Crippen LogP contribution < -0.4 is 15.0 Å². The first-order valence-electron chi connectivity index (χ1n) is 11.9. The summed E-state index contributed by atoms with van der Waals surface area (Å²) in [5.41, 5.74) is 1.44. The predicted molar refractivity (Wildman–Crippen MR) is 141 cm³/mol. The number of carbonyl (C=O) groups is 3. The minimum absolute atomic E-state index is 0.125. The van der Waals surface area contributed by atoms with Crippen molar-refractivity contribution in [3.63, 3.8) is 0 Å².